The maximum Gasteiger partial charge on any atom is 1.00 e. The van der Waals surface area contributed by atoms with Crippen LogP contribution in [0.2, 0.25) is 0 Å². The van der Waals surface area contributed by atoms with Crippen LogP contribution >= 0.6 is 0 Å². The SMILES string of the molecule is C=CCOC(=O)C(CC=C)OCC.[H-].[Na+]. The number of carbonyl (C=O) groups excluding carboxylic acids is 1. The fourth-order valence-corrected chi connectivity index (χ4v) is 0.819. The van der Waals surface area contributed by atoms with Crippen molar-refractivity contribution >= 4 is 5.97 Å². The minimum atomic E-state index is -0.526. The molecule has 0 aromatic carbocycles. The van der Waals surface area contributed by atoms with Crippen molar-refractivity contribution in [2.45, 2.75) is 19.4 Å². The van der Waals surface area contributed by atoms with E-state index in [1.54, 1.807) is 6.08 Å². The van der Waals surface area contributed by atoms with E-state index >= 15 is 0 Å². The largest absolute Gasteiger partial charge is 1.00 e. The van der Waals surface area contributed by atoms with Gasteiger partial charge in [0, 0.05) is 13.0 Å². The molecule has 0 aromatic heterocycles. The van der Waals surface area contributed by atoms with Crippen molar-refractivity contribution in [2.75, 3.05) is 13.2 Å². The van der Waals surface area contributed by atoms with Crippen molar-refractivity contribution < 1.29 is 45.3 Å². The molecule has 0 aliphatic carbocycles. The van der Waals surface area contributed by atoms with Gasteiger partial charge in [-0.05, 0) is 6.92 Å². The molecule has 0 saturated heterocycles. The smallest absolute Gasteiger partial charge is 1.00 e. The van der Waals surface area contributed by atoms with Gasteiger partial charge in [-0.3, -0.25) is 0 Å². The first-order chi connectivity index (χ1) is 6.26. The van der Waals surface area contributed by atoms with E-state index in [9.17, 15) is 4.79 Å². The number of esters is 1. The second-order valence-electron chi connectivity index (χ2n) is 2.39. The maximum absolute atomic E-state index is 11.2. The summed E-state index contributed by atoms with van der Waals surface area (Å²) in [4.78, 5) is 11.2. The zero-order chi connectivity index (χ0) is 10.1. The first kappa shape index (κ1) is 16.3. The molecular weight excluding hydrogens is 191 g/mol. The molecule has 0 spiro atoms. The van der Waals surface area contributed by atoms with Gasteiger partial charge in [0.25, 0.3) is 0 Å². The van der Waals surface area contributed by atoms with Gasteiger partial charge in [-0.2, -0.15) is 0 Å². The van der Waals surface area contributed by atoms with Crippen molar-refractivity contribution in [3.8, 4) is 0 Å². The zero-order valence-electron chi connectivity index (χ0n) is 9.99. The first-order valence-electron chi connectivity index (χ1n) is 4.26. The second-order valence-corrected chi connectivity index (χ2v) is 2.39. The Labute approximate surface area is 109 Å². The van der Waals surface area contributed by atoms with Gasteiger partial charge in [0.05, 0.1) is 0 Å². The maximum atomic E-state index is 11.2. The molecule has 0 amide bonds. The van der Waals surface area contributed by atoms with Gasteiger partial charge in [0.1, 0.15) is 6.61 Å². The molecule has 1 unspecified atom stereocenters. The molecule has 0 radical (unpaired) electrons. The summed E-state index contributed by atoms with van der Waals surface area (Å²) < 4.78 is 9.99. The van der Waals surface area contributed by atoms with Gasteiger partial charge in [-0.15, -0.1) is 6.58 Å². The Morgan fingerprint density at radius 2 is 2.14 bits per heavy atom. The van der Waals surface area contributed by atoms with Gasteiger partial charge in [0.2, 0.25) is 0 Å². The quantitative estimate of drug-likeness (QED) is 0.300. The molecule has 0 aromatic rings. The van der Waals surface area contributed by atoms with Crippen LogP contribution in [0.15, 0.2) is 25.3 Å². The van der Waals surface area contributed by atoms with E-state index in [0.717, 1.165) is 0 Å². The number of ether oxygens (including phenoxy) is 2. The third kappa shape index (κ3) is 7.33. The molecule has 4 heteroatoms. The number of hydrogen-bond acceptors (Lipinski definition) is 3. The van der Waals surface area contributed by atoms with Gasteiger partial charge in [0.15, 0.2) is 6.10 Å². The van der Waals surface area contributed by atoms with Crippen LogP contribution < -0.4 is 29.6 Å². The van der Waals surface area contributed by atoms with Crippen molar-refractivity contribution in [1.82, 2.24) is 0 Å². The summed E-state index contributed by atoms with van der Waals surface area (Å²) in [6, 6.07) is 0. The third-order valence-electron chi connectivity index (χ3n) is 1.35. The van der Waals surface area contributed by atoms with Crippen LogP contribution in [0, 0.1) is 0 Å². The van der Waals surface area contributed by atoms with Crippen molar-refractivity contribution in [2.24, 2.45) is 0 Å². The Morgan fingerprint density at radius 1 is 1.50 bits per heavy atom. The molecule has 0 heterocycles. The third-order valence-corrected chi connectivity index (χ3v) is 1.35. The topological polar surface area (TPSA) is 35.5 Å². The van der Waals surface area contributed by atoms with Crippen LogP contribution in [0.4, 0.5) is 0 Å². The van der Waals surface area contributed by atoms with E-state index in [-0.39, 0.29) is 43.6 Å². The minimum Gasteiger partial charge on any atom is -1.00 e. The van der Waals surface area contributed by atoms with Crippen molar-refractivity contribution in [3.63, 3.8) is 0 Å². The average Bonchev–Trinajstić information content (AvgIpc) is 2.14. The average molecular weight is 208 g/mol. The molecule has 14 heavy (non-hydrogen) atoms. The second kappa shape index (κ2) is 11.0. The first-order valence-corrected chi connectivity index (χ1v) is 4.26. The van der Waals surface area contributed by atoms with Crippen LogP contribution in [0.5, 0.6) is 0 Å². The molecule has 1 atom stereocenters. The van der Waals surface area contributed by atoms with E-state index < -0.39 is 6.10 Å². The van der Waals surface area contributed by atoms with E-state index in [1.807, 2.05) is 6.92 Å². The van der Waals surface area contributed by atoms with E-state index in [2.05, 4.69) is 13.2 Å². The van der Waals surface area contributed by atoms with Crippen LogP contribution in [0.3, 0.4) is 0 Å². The Balaban J connectivity index is -0.000000720. The Morgan fingerprint density at radius 3 is 2.57 bits per heavy atom. The summed E-state index contributed by atoms with van der Waals surface area (Å²) >= 11 is 0. The Hall–Kier alpha value is -0.0900. The predicted octanol–water partition coefficient (Wildman–Crippen LogP) is -1.19. The summed E-state index contributed by atoms with van der Waals surface area (Å²) in [7, 11) is 0. The molecule has 0 bridgehead atoms. The van der Waals surface area contributed by atoms with Crippen LogP contribution in [-0.4, -0.2) is 25.3 Å². The fourth-order valence-electron chi connectivity index (χ4n) is 0.819. The Kier molecular flexibility index (Phi) is 12.8. The van der Waals surface area contributed by atoms with Crippen LogP contribution in [0.25, 0.3) is 0 Å². The normalized spacial score (nSPS) is 10.9. The van der Waals surface area contributed by atoms with Gasteiger partial charge >= 0.3 is 35.5 Å². The minimum absolute atomic E-state index is 0. The molecule has 0 rings (SSSR count). The molecule has 3 nitrogen and oxygen atoms in total. The predicted molar refractivity (Wildman–Crippen MR) is 52.5 cm³/mol. The number of rotatable bonds is 7. The molecule has 0 fully saturated rings. The molecule has 76 valence electrons. The molecule has 0 saturated carbocycles. The zero-order valence-corrected chi connectivity index (χ0v) is 11.0. The summed E-state index contributed by atoms with van der Waals surface area (Å²) in [5, 5.41) is 0. The van der Waals surface area contributed by atoms with Crippen molar-refractivity contribution in [1.29, 1.82) is 0 Å². The summed E-state index contributed by atoms with van der Waals surface area (Å²) in [5.41, 5.74) is 0. The van der Waals surface area contributed by atoms with Crippen molar-refractivity contribution in [3.05, 3.63) is 25.3 Å². The Bertz CT molecular complexity index is 186. The van der Waals surface area contributed by atoms with Gasteiger partial charge in [-0.25, -0.2) is 4.79 Å². The molecule has 0 N–H and O–H groups in total. The van der Waals surface area contributed by atoms with Gasteiger partial charge in [-0.1, -0.05) is 18.7 Å². The fraction of sp³-hybridized carbons (Fsp3) is 0.500. The van der Waals surface area contributed by atoms with Gasteiger partial charge < -0.3 is 10.9 Å². The van der Waals surface area contributed by atoms with Crippen LogP contribution in [-0.2, 0) is 14.3 Å². The number of carbonyl (C=O) groups is 1. The van der Waals surface area contributed by atoms with E-state index in [4.69, 9.17) is 9.47 Å². The summed E-state index contributed by atoms with van der Waals surface area (Å²) in [6.45, 7) is 9.52. The summed E-state index contributed by atoms with van der Waals surface area (Å²) in [6.07, 6.45) is 3.11. The molecule has 0 aliphatic rings. The van der Waals surface area contributed by atoms with E-state index in [1.165, 1.54) is 6.08 Å². The van der Waals surface area contributed by atoms with E-state index in [0.29, 0.717) is 13.0 Å². The van der Waals surface area contributed by atoms with Crippen LogP contribution in [0.1, 0.15) is 14.8 Å². The molecule has 0 aliphatic heterocycles. The summed E-state index contributed by atoms with van der Waals surface area (Å²) in [5.74, 6) is -0.360. The standard InChI is InChI=1S/C10H16O3.Na.H/c1-4-7-9(12-6-3)10(11)13-8-5-2;;/h4-5,9H,1-2,6-8H2,3H3;;/q;+1;-1. The monoisotopic (exact) mass is 208 g/mol. The number of hydrogen-bond donors (Lipinski definition) is 0. The molecular formula is C10H17NaO3.